The fourth-order valence-corrected chi connectivity index (χ4v) is 4.49. The third-order valence-corrected chi connectivity index (χ3v) is 6.84. The van der Waals surface area contributed by atoms with E-state index in [2.05, 4.69) is 0 Å². The Hall–Kier alpha value is -4.79. The highest BCUT2D eigenvalue weighted by molar-refractivity contribution is 5.77. The van der Waals surface area contributed by atoms with E-state index < -0.39 is 23.5 Å². The molecule has 3 nitrogen and oxygen atoms in total. The number of benzene rings is 4. The maximum Gasteiger partial charge on any atom is 0.416 e. The number of anilines is 5. The average Bonchev–Trinajstić information content (AvgIpc) is 2.97. The fraction of sp³-hybridized carbons (Fsp3) is 0.121. The van der Waals surface area contributed by atoms with E-state index in [9.17, 15) is 26.3 Å². The smallest absolute Gasteiger partial charge is 0.329 e. The van der Waals surface area contributed by atoms with E-state index in [-0.39, 0.29) is 0 Å². The zero-order chi connectivity index (χ0) is 30.1. The number of aryl methyl sites for hydroxylation is 1. The van der Waals surface area contributed by atoms with Gasteiger partial charge in [0.25, 0.3) is 0 Å². The van der Waals surface area contributed by atoms with Crippen LogP contribution in [0.1, 0.15) is 16.7 Å². The molecule has 0 saturated heterocycles. The van der Waals surface area contributed by atoms with Crippen molar-refractivity contribution in [1.82, 2.24) is 4.98 Å². The maximum atomic E-state index is 13.3. The molecule has 0 fully saturated rings. The largest absolute Gasteiger partial charge is 0.416 e. The van der Waals surface area contributed by atoms with Crippen LogP contribution in [0.4, 0.5) is 55.0 Å². The summed E-state index contributed by atoms with van der Waals surface area (Å²) in [5, 5.41) is 0. The molecule has 42 heavy (non-hydrogen) atoms. The van der Waals surface area contributed by atoms with Crippen molar-refractivity contribution >= 4 is 28.7 Å². The molecular formula is C33H25F6N3. The zero-order valence-corrected chi connectivity index (χ0v) is 22.6. The van der Waals surface area contributed by atoms with Crippen molar-refractivity contribution in [1.29, 1.82) is 0 Å². The van der Waals surface area contributed by atoms with Crippen molar-refractivity contribution in [2.75, 3.05) is 16.8 Å². The molecule has 1 aromatic heterocycles. The van der Waals surface area contributed by atoms with Crippen LogP contribution in [0.15, 0.2) is 115 Å². The quantitative estimate of drug-likeness (QED) is 0.187. The van der Waals surface area contributed by atoms with Gasteiger partial charge in [-0.1, -0.05) is 48.0 Å². The Morgan fingerprint density at radius 1 is 0.500 bits per heavy atom. The number of rotatable bonds is 6. The Bertz CT molecular complexity index is 1640. The Morgan fingerprint density at radius 2 is 0.905 bits per heavy atom. The van der Waals surface area contributed by atoms with Crippen LogP contribution < -0.4 is 9.80 Å². The van der Waals surface area contributed by atoms with Crippen LogP contribution in [-0.2, 0) is 12.4 Å². The minimum absolute atomic E-state index is 0.411. The molecule has 0 aliphatic carbocycles. The first-order valence-corrected chi connectivity index (χ1v) is 12.9. The minimum Gasteiger partial charge on any atom is -0.329 e. The second-order valence-corrected chi connectivity index (χ2v) is 9.75. The maximum absolute atomic E-state index is 13.3. The summed E-state index contributed by atoms with van der Waals surface area (Å²) in [4.78, 5) is 8.10. The van der Waals surface area contributed by atoms with E-state index in [1.165, 1.54) is 24.3 Å². The third kappa shape index (κ3) is 6.25. The molecule has 214 valence electrons. The van der Waals surface area contributed by atoms with Crippen LogP contribution in [-0.4, -0.2) is 12.0 Å². The molecule has 0 radical (unpaired) electrons. The van der Waals surface area contributed by atoms with Gasteiger partial charge in [-0.3, -0.25) is 4.90 Å². The van der Waals surface area contributed by atoms with Crippen molar-refractivity contribution in [3.05, 3.63) is 132 Å². The number of nitrogens with zero attached hydrogens (tertiary/aromatic N) is 3. The van der Waals surface area contributed by atoms with E-state index in [4.69, 9.17) is 4.98 Å². The lowest BCUT2D eigenvalue weighted by molar-refractivity contribution is -0.138. The molecule has 0 bridgehead atoms. The van der Waals surface area contributed by atoms with Crippen molar-refractivity contribution in [2.24, 2.45) is 0 Å². The van der Waals surface area contributed by atoms with Crippen LogP contribution in [0.2, 0.25) is 0 Å². The second kappa shape index (κ2) is 11.2. The summed E-state index contributed by atoms with van der Waals surface area (Å²) in [7, 11) is 1.67. The lowest BCUT2D eigenvalue weighted by Crippen LogP contribution is -2.16. The van der Waals surface area contributed by atoms with Crippen molar-refractivity contribution in [3.8, 4) is 11.1 Å². The summed E-state index contributed by atoms with van der Waals surface area (Å²) in [6, 6.07) is 30.3. The van der Waals surface area contributed by atoms with Crippen LogP contribution >= 0.6 is 0 Å². The highest BCUT2D eigenvalue weighted by Crippen LogP contribution is 2.38. The predicted molar refractivity (Wildman–Crippen MR) is 154 cm³/mol. The standard InChI is InChI=1S/C33H25F6N3/c1-22-6-8-23(9-7-22)24-10-16-28(17-11-24)42(29-20-14-26(15-21-29)33(37,38)39)31-5-3-4-30(40-31)41(2)27-18-12-25(13-19-27)32(34,35)36/h3-21H,1-2H3. The molecule has 5 rings (SSSR count). The summed E-state index contributed by atoms with van der Waals surface area (Å²) >= 11 is 0. The van der Waals surface area contributed by atoms with Crippen LogP contribution in [0.5, 0.6) is 0 Å². The number of halogens is 6. The lowest BCUT2D eigenvalue weighted by Gasteiger charge is -2.27. The van der Waals surface area contributed by atoms with E-state index in [0.717, 1.165) is 41.0 Å². The molecule has 0 aliphatic heterocycles. The topological polar surface area (TPSA) is 19.4 Å². The van der Waals surface area contributed by atoms with Gasteiger partial charge < -0.3 is 4.90 Å². The van der Waals surface area contributed by atoms with Gasteiger partial charge in [-0.05, 0) is 90.8 Å². The molecule has 0 unspecified atom stereocenters. The van der Waals surface area contributed by atoms with E-state index >= 15 is 0 Å². The molecule has 9 heteroatoms. The van der Waals surface area contributed by atoms with E-state index in [0.29, 0.717) is 28.7 Å². The summed E-state index contributed by atoms with van der Waals surface area (Å²) in [5.41, 5.74) is 3.18. The molecule has 0 aliphatic rings. The molecule has 5 aromatic rings. The van der Waals surface area contributed by atoms with E-state index in [1.54, 1.807) is 35.0 Å². The SMILES string of the molecule is Cc1ccc(-c2ccc(N(c3ccc(C(F)(F)F)cc3)c3cccc(N(C)c4ccc(C(F)(F)F)cc4)n3)cc2)cc1. The molecule has 1 heterocycles. The number of hydrogen-bond donors (Lipinski definition) is 0. The predicted octanol–water partition coefficient (Wildman–Crippen LogP) is 10.3. The Morgan fingerprint density at radius 3 is 1.38 bits per heavy atom. The van der Waals surface area contributed by atoms with E-state index in [1.807, 2.05) is 55.5 Å². The van der Waals surface area contributed by atoms with Gasteiger partial charge >= 0.3 is 12.4 Å². The monoisotopic (exact) mass is 577 g/mol. The van der Waals surface area contributed by atoms with Crippen molar-refractivity contribution < 1.29 is 26.3 Å². The molecule has 4 aromatic carbocycles. The summed E-state index contributed by atoms with van der Waals surface area (Å²) in [6.45, 7) is 2.00. The molecular weight excluding hydrogens is 552 g/mol. The van der Waals surface area contributed by atoms with Gasteiger partial charge in [0.15, 0.2) is 0 Å². The van der Waals surface area contributed by atoms with Crippen LogP contribution in [0.3, 0.4) is 0 Å². The Labute approximate surface area is 239 Å². The summed E-state index contributed by atoms with van der Waals surface area (Å²) in [6.07, 6.45) is -8.94. The van der Waals surface area contributed by atoms with Gasteiger partial charge in [-0.15, -0.1) is 0 Å². The second-order valence-electron chi connectivity index (χ2n) is 9.75. The number of hydrogen-bond acceptors (Lipinski definition) is 3. The zero-order valence-electron chi connectivity index (χ0n) is 22.6. The molecule has 0 atom stereocenters. The summed E-state index contributed by atoms with van der Waals surface area (Å²) in [5.74, 6) is 0.842. The molecule has 0 saturated carbocycles. The first-order chi connectivity index (χ1) is 19.9. The lowest BCUT2D eigenvalue weighted by atomic mass is 10.0. The molecule has 0 amide bonds. The Kier molecular flexibility index (Phi) is 7.69. The first kappa shape index (κ1) is 28.7. The van der Waals surface area contributed by atoms with Gasteiger partial charge in [-0.2, -0.15) is 26.3 Å². The first-order valence-electron chi connectivity index (χ1n) is 12.9. The van der Waals surface area contributed by atoms with Gasteiger partial charge in [-0.25, -0.2) is 4.98 Å². The summed E-state index contributed by atoms with van der Waals surface area (Å²) < 4.78 is 79.0. The minimum atomic E-state index is -4.48. The van der Waals surface area contributed by atoms with Gasteiger partial charge in [0, 0.05) is 24.1 Å². The highest BCUT2D eigenvalue weighted by atomic mass is 19.4. The normalized spacial score (nSPS) is 11.8. The number of pyridine rings is 1. The van der Waals surface area contributed by atoms with Crippen molar-refractivity contribution in [3.63, 3.8) is 0 Å². The fourth-order valence-electron chi connectivity index (χ4n) is 4.49. The van der Waals surface area contributed by atoms with Crippen molar-refractivity contribution in [2.45, 2.75) is 19.3 Å². The van der Waals surface area contributed by atoms with Crippen LogP contribution in [0, 0.1) is 6.92 Å². The van der Waals surface area contributed by atoms with Gasteiger partial charge in [0.2, 0.25) is 0 Å². The van der Waals surface area contributed by atoms with Crippen LogP contribution in [0.25, 0.3) is 11.1 Å². The van der Waals surface area contributed by atoms with Gasteiger partial charge in [0.1, 0.15) is 11.6 Å². The average molecular weight is 578 g/mol. The molecule has 0 N–H and O–H groups in total. The Balaban J connectivity index is 1.53. The molecule has 0 spiro atoms. The number of aromatic nitrogens is 1. The highest BCUT2D eigenvalue weighted by Gasteiger charge is 2.31. The van der Waals surface area contributed by atoms with Gasteiger partial charge in [0.05, 0.1) is 11.1 Å². The number of alkyl halides is 6. The third-order valence-electron chi connectivity index (χ3n) is 6.84.